The van der Waals surface area contributed by atoms with Gasteiger partial charge in [0.25, 0.3) is 0 Å². The summed E-state index contributed by atoms with van der Waals surface area (Å²) in [5.74, 6) is 0. The molecular formula is C10H9ClN2. The average Bonchev–Trinajstić information content (AvgIpc) is 2.49. The first-order valence-electron chi connectivity index (χ1n) is 4.21. The number of benzene rings is 1. The Morgan fingerprint density at radius 2 is 2.38 bits per heavy atom. The van der Waals surface area contributed by atoms with Crippen LogP contribution in [-0.4, -0.2) is 13.1 Å². The maximum atomic E-state index is 8.59. The van der Waals surface area contributed by atoms with Gasteiger partial charge in [-0.1, -0.05) is 11.6 Å². The van der Waals surface area contributed by atoms with Gasteiger partial charge in [0.1, 0.15) is 6.54 Å². The number of halogens is 1. The van der Waals surface area contributed by atoms with Crippen LogP contribution >= 0.6 is 11.6 Å². The summed E-state index contributed by atoms with van der Waals surface area (Å²) in [7, 11) is 0. The number of fused-ring (bicyclic) bond motifs is 1. The Morgan fingerprint density at radius 1 is 1.54 bits per heavy atom. The molecule has 2 rings (SSSR count). The molecule has 0 bridgehead atoms. The summed E-state index contributed by atoms with van der Waals surface area (Å²) >= 11 is 5.86. The third kappa shape index (κ3) is 1.48. The molecule has 66 valence electrons. The summed E-state index contributed by atoms with van der Waals surface area (Å²) in [6.07, 6.45) is 0.998. The van der Waals surface area contributed by atoms with Gasteiger partial charge in [-0.15, -0.1) is 0 Å². The number of nitrogens with zero attached hydrogens (tertiary/aromatic N) is 2. The maximum absolute atomic E-state index is 8.59. The van der Waals surface area contributed by atoms with Gasteiger partial charge >= 0.3 is 0 Å². The van der Waals surface area contributed by atoms with Crippen LogP contribution in [0.5, 0.6) is 0 Å². The van der Waals surface area contributed by atoms with Crippen LogP contribution in [0, 0.1) is 11.3 Å². The zero-order valence-corrected chi connectivity index (χ0v) is 7.88. The van der Waals surface area contributed by atoms with Gasteiger partial charge in [-0.25, -0.2) is 0 Å². The molecule has 1 heterocycles. The van der Waals surface area contributed by atoms with Crippen molar-refractivity contribution in [2.24, 2.45) is 0 Å². The molecule has 0 atom stereocenters. The Hall–Kier alpha value is -1.20. The Bertz CT molecular complexity index is 368. The van der Waals surface area contributed by atoms with Gasteiger partial charge in [0.2, 0.25) is 0 Å². The summed E-state index contributed by atoms with van der Waals surface area (Å²) < 4.78 is 0. The summed E-state index contributed by atoms with van der Waals surface area (Å²) in [4.78, 5) is 2.08. The molecule has 1 aromatic carbocycles. The molecule has 0 amide bonds. The Balaban J connectivity index is 2.34. The zero-order valence-electron chi connectivity index (χ0n) is 7.13. The number of rotatable bonds is 1. The second-order valence-electron chi connectivity index (χ2n) is 3.10. The fraction of sp³-hybridized carbons (Fsp3) is 0.300. The molecule has 13 heavy (non-hydrogen) atoms. The minimum atomic E-state index is 0.467. The molecule has 2 nitrogen and oxygen atoms in total. The molecule has 0 spiro atoms. The van der Waals surface area contributed by atoms with E-state index in [1.807, 2.05) is 18.2 Å². The highest BCUT2D eigenvalue weighted by Gasteiger charge is 2.17. The van der Waals surface area contributed by atoms with Crippen molar-refractivity contribution in [1.29, 1.82) is 5.26 Å². The van der Waals surface area contributed by atoms with Crippen LogP contribution in [0.15, 0.2) is 18.2 Å². The van der Waals surface area contributed by atoms with E-state index in [4.69, 9.17) is 16.9 Å². The minimum Gasteiger partial charge on any atom is -0.358 e. The summed E-state index contributed by atoms with van der Waals surface area (Å²) in [5.41, 5.74) is 2.41. The standard InChI is InChI=1S/C10H9ClN2/c11-9-1-2-10-8(7-9)3-5-13(10)6-4-12/h1-2,7H,3,5-6H2. The molecular weight excluding hydrogens is 184 g/mol. The molecule has 1 aliphatic heterocycles. The fourth-order valence-electron chi connectivity index (χ4n) is 1.69. The fourth-order valence-corrected chi connectivity index (χ4v) is 1.88. The van der Waals surface area contributed by atoms with Gasteiger partial charge < -0.3 is 4.90 Å². The SMILES string of the molecule is N#CCN1CCc2cc(Cl)ccc21. The monoisotopic (exact) mass is 192 g/mol. The highest BCUT2D eigenvalue weighted by molar-refractivity contribution is 6.30. The van der Waals surface area contributed by atoms with E-state index in [0.29, 0.717) is 6.54 Å². The van der Waals surface area contributed by atoms with Crippen molar-refractivity contribution in [2.75, 3.05) is 18.0 Å². The quantitative estimate of drug-likeness (QED) is 0.638. The lowest BCUT2D eigenvalue weighted by molar-refractivity contribution is 0.909. The largest absolute Gasteiger partial charge is 0.358 e. The normalized spacial score (nSPS) is 14.0. The molecule has 0 aliphatic carbocycles. The van der Waals surface area contributed by atoms with E-state index >= 15 is 0 Å². The van der Waals surface area contributed by atoms with Crippen LogP contribution in [0.4, 0.5) is 5.69 Å². The van der Waals surface area contributed by atoms with Crippen molar-refractivity contribution in [3.63, 3.8) is 0 Å². The third-order valence-corrected chi connectivity index (χ3v) is 2.53. The van der Waals surface area contributed by atoms with Gasteiger partial charge in [-0.05, 0) is 30.2 Å². The molecule has 0 saturated carbocycles. The van der Waals surface area contributed by atoms with Crippen LogP contribution in [-0.2, 0) is 6.42 Å². The van der Waals surface area contributed by atoms with Crippen molar-refractivity contribution in [2.45, 2.75) is 6.42 Å². The molecule has 0 saturated heterocycles. The molecule has 0 aromatic heterocycles. The summed E-state index contributed by atoms with van der Waals surface area (Å²) in [5, 5.41) is 9.36. The molecule has 0 radical (unpaired) electrons. The molecule has 3 heteroatoms. The predicted octanol–water partition coefficient (Wildman–Crippen LogP) is 2.23. The van der Waals surface area contributed by atoms with E-state index < -0.39 is 0 Å². The molecule has 1 aliphatic rings. The zero-order chi connectivity index (χ0) is 9.26. The van der Waals surface area contributed by atoms with E-state index in [1.54, 1.807) is 0 Å². The van der Waals surface area contributed by atoms with Crippen LogP contribution in [0.3, 0.4) is 0 Å². The van der Waals surface area contributed by atoms with E-state index in [0.717, 1.165) is 23.7 Å². The van der Waals surface area contributed by atoms with Gasteiger partial charge in [-0.2, -0.15) is 5.26 Å². The summed E-state index contributed by atoms with van der Waals surface area (Å²) in [6.45, 7) is 1.40. The van der Waals surface area contributed by atoms with Crippen molar-refractivity contribution in [3.8, 4) is 6.07 Å². The van der Waals surface area contributed by atoms with E-state index in [-0.39, 0.29) is 0 Å². The van der Waals surface area contributed by atoms with Gasteiger partial charge in [0.15, 0.2) is 0 Å². The molecule has 1 aromatic rings. The predicted molar refractivity (Wildman–Crippen MR) is 53.0 cm³/mol. The van der Waals surface area contributed by atoms with Gasteiger partial charge in [0, 0.05) is 17.3 Å². The van der Waals surface area contributed by atoms with E-state index in [1.165, 1.54) is 5.56 Å². The van der Waals surface area contributed by atoms with Crippen molar-refractivity contribution >= 4 is 17.3 Å². The highest BCUT2D eigenvalue weighted by Crippen LogP contribution is 2.29. The van der Waals surface area contributed by atoms with E-state index in [9.17, 15) is 0 Å². The third-order valence-electron chi connectivity index (χ3n) is 2.29. The van der Waals surface area contributed by atoms with Crippen LogP contribution in [0.1, 0.15) is 5.56 Å². The van der Waals surface area contributed by atoms with Gasteiger partial charge in [-0.3, -0.25) is 0 Å². The van der Waals surface area contributed by atoms with Crippen LogP contribution in [0.2, 0.25) is 5.02 Å². The van der Waals surface area contributed by atoms with Crippen LogP contribution < -0.4 is 4.90 Å². The maximum Gasteiger partial charge on any atom is 0.105 e. The highest BCUT2D eigenvalue weighted by atomic mass is 35.5. The lowest BCUT2D eigenvalue weighted by atomic mass is 10.2. The number of anilines is 1. The second kappa shape index (κ2) is 3.27. The Morgan fingerprint density at radius 3 is 3.15 bits per heavy atom. The lowest BCUT2D eigenvalue weighted by Crippen LogP contribution is -2.20. The number of hydrogen-bond acceptors (Lipinski definition) is 2. The van der Waals surface area contributed by atoms with Crippen molar-refractivity contribution < 1.29 is 0 Å². The summed E-state index contributed by atoms with van der Waals surface area (Å²) in [6, 6.07) is 8.00. The average molecular weight is 193 g/mol. The molecule has 0 unspecified atom stereocenters. The van der Waals surface area contributed by atoms with E-state index in [2.05, 4.69) is 11.0 Å². The first-order valence-corrected chi connectivity index (χ1v) is 4.59. The topological polar surface area (TPSA) is 27.0 Å². The number of nitriles is 1. The Labute approximate surface area is 82.3 Å². The number of hydrogen-bond donors (Lipinski definition) is 0. The lowest BCUT2D eigenvalue weighted by Gasteiger charge is -2.14. The first-order chi connectivity index (χ1) is 6.31. The molecule has 0 fully saturated rings. The first kappa shape index (κ1) is 8.40. The minimum absolute atomic E-state index is 0.467. The van der Waals surface area contributed by atoms with Crippen molar-refractivity contribution in [1.82, 2.24) is 0 Å². The van der Waals surface area contributed by atoms with Gasteiger partial charge in [0.05, 0.1) is 6.07 Å². The van der Waals surface area contributed by atoms with Crippen molar-refractivity contribution in [3.05, 3.63) is 28.8 Å². The second-order valence-corrected chi connectivity index (χ2v) is 3.54. The Kier molecular flexibility index (Phi) is 2.12. The van der Waals surface area contributed by atoms with Crippen LogP contribution in [0.25, 0.3) is 0 Å². The smallest absolute Gasteiger partial charge is 0.105 e. The molecule has 0 N–H and O–H groups in total.